The van der Waals surface area contributed by atoms with Gasteiger partial charge >= 0.3 is 0 Å². The molecule has 0 aliphatic heterocycles. The van der Waals surface area contributed by atoms with Gasteiger partial charge in [0.2, 0.25) is 5.82 Å². The summed E-state index contributed by atoms with van der Waals surface area (Å²) >= 11 is 10.6. The van der Waals surface area contributed by atoms with E-state index < -0.39 is 0 Å². The minimum absolute atomic E-state index is 0.237. The Morgan fingerprint density at radius 3 is 2.49 bits per heavy atom. The van der Waals surface area contributed by atoms with E-state index in [-0.39, 0.29) is 18.0 Å². The Labute approximate surface area is 271 Å². The van der Waals surface area contributed by atoms with Gasteiger partial charge in [-0.05, 0) is 54.6 Å². The van der Waals surface area contributed by atoms with Crippen LogP contribution in [0.2, 0.25) is 0 Å². The molecule has 0 aliphatic rings. The number of benzene rings is 4. The number of methoxy groups -OCH3 is 2. The normalized spacial score (nSPS) is 11.5. The summed E-state index contributed by atoms with van der Waals surface area (Å²) in [5.41, 5.74) is 2.28. The van der Waals surface area contributed by atoms with E-state index >= 15 is 0 Å². The summed E-state index contributed by atoms with van der Waals surface area (Å²) in [6, 6.07) is 23.9. The number of hydrogen-bond donors (Lipinski definition) is 0. The molecule has 2 aromatic heterocycles. The third-order valence-electron chi connectivity index (χ3n) is 6.68. The van der Waals surface area contributed by atoms with Crippen LogP contribution in [0.5, 0.6) is 17.2 Å². The molecule has 216 valence electrons. The number of halogens is 3. The Kier molecular flexibility index (Phi) is 8.38. The Balaban J connectivity index is 1.48. The fourth-order valence-electron chi connectivity index (χ4n) is 4.61. The molecule has 4 aromatic carbocycles. The Morgan fingerprint density at radius 2 is 1.70 bits per heavy atom. The van der Waals surface area contributed by atoms with E-state index in [0.717, 1.165) is 24.4 Å². The molecule has 0 saturated heterocycles. The molecule has 0 amide bonds. The molecule has 0 saturated carbocycles. The van der Waals surface area contributed by atoms with Gasteiger partial charge in [0.05, 0.1) is 36.7 Å². The standard InChI is InChI=1S/C32H22Br3N3O5/c1-40-26-8-5-9-27-23(26)15-29(43-27)31-37-25-7-4-3-6-22(25)32(39)38(31)36-16-19-12-21(34)14-28(41-2)30(19)42-17-18-10-11-20(33)13-24(18)35/h3-16H,17H2,1-2H3. The van der Waals surface area contributed by atoms with Gasteiger partial charge in [0.15, 0.2) is 17.3 Å². The zero-order valence-corrected chi connectivity index (χ0v) is 27.6. The van der Waals surface area contributed by atoms with Crippen LogP contribution in [0.25, 0.3) is 33.5 Å². The highest BCUT2D eigenvalue weighted by atomic mass is 79.9. The van der Waals surface area contributed by atoms with Crippen LogP contribution in [-0.2, 0) is 6.61 Å². The molecule has 0 spiro atoms. The molecule has 0 unspecified atom stereocenters. The van der Waals surface area contributed by atoms with Gasteiger partial charge in [-0.15, -0.1) is 0 Å². The summed E-state index contributed by atoms with van der Waals surface area (Å²) in [6.07, 6.45) is 1.55. The Morgan fingerprint density at radius 1 is 0.884 bits per heavy atom. The second kappa shape index (κ2) is 12.4. The van der Waals surface area contributed by atoms with Crippen molar-refractivity contribution in [1.29, 1.82) is 0 Å². The van der Waals surface area contributed by atoms with Gasteiger partial charge < -0.3 is 18.6 Å². The molecule has 43 heavy (non-hydrogen) atoms. The van der Waals surface area contributed by atoms with Crippen LogP contribution in [0.15, 0.2) is 107 Å². The summed E-state index contributed by atoms with van der Waals surface area (Å²) in [5, 5.41) is 5.80. The first-order valence-corrected chi connectivity index (χ1v) is 15.3. The van der Waals surface area contributed by atoms with Crippen LogP contribution >= 0.6 is 47.8 Å². The fraction of sp³-hybridized carbons (Fsp3) is 0.0938. The van der Waals surface area contributed by atoms with Gasteiger partial charge in [-0.1, -0.05) is 72.1 Å². The molecule has 0 atom stereocenters. The minimum Gasteiger partial charge on any atom is -0.496 e. The predicted octanol–water partition coefficient (Wildman–Crippen LogP) is 8.58. The first-order chi connectivity index (χ1) is 20.9. The number of aromatic nitrogens is 2. The Hall–Kier alpha value is -3.93. The molecule has 0 fully saturated rings. The van der Waals surface area contributed by atoms with Gasteiger partial charge in [0.25, 0.3) is 5.56 Å². The molecule has 11 heteroatoms. The maximum atomic E-state index is 13.8. The quantitative estimate of drug-likeness (QED) is 0.144. The largest absolute Gasteiger partial charge is 0.496 e. The lowest BCUT2D eigenvalue weighted by molar-refractivity contribution is 0.283. The van der Waals surface area contributed by atoms with Crippen LogP contribution in [-0.4, -0.2) is 30.1 Å². The third kappa shape index (κ3) is 5.84. The maximum absolute atomic E-state index is 13.8. The molecule has 6 rings (SSSR count). The summed E-state index contributed by atoms with van der Waals surface area (Å²) in [4.78, 5) is 18.6. The van der Waals surface area contributed by atoms with Crippen molar-refractivity contribution in [2.45, 2.75) is 6.61 Å². The lowest BCUT2D eigenvalue weighted by Crippen LogP contribution is -2.20. The van der Waals surface area contributed by atoms with E-state index in [2.05, 4.69) is 52.9 Å². The van der Waals surface area contributed by atoms with Crippen molar-refractivity contribution in [1.82, 2.24) is 9.66 Å². The molecular formula is C32H22Br3N3O5. The van der Waals surface area contributed by atoms with Crippen molar-refractivity contribution in [3.63, 3.8) is 0 Å². The van der Waals surface area contributed by atoms with Gasteiger partial charge in [-0.3, -0.25) is 4.79 Å². The first kappa shape index (κ1) is 29.2. The molecule has 2 heterocycles. The zero-order valence-electron chi connectivity index (χ0n) is 22.8. The number of nitrogens with zero attached hydrogens (tertiary/aromatic N) is 3. The zero-order chi connectivity index (χ0) is 30.1. The van der Waals surface area contributed by atoms with E-state index in [1.807, 2.05) is 48.5 Å². The monoisotopic (exact) mass is 765 g/mol. The van der Waals surface area contributed by atoms with E-state index in [1.165, 1.54) is 4.68 Å². The van der Waals surface area contributed by atoms with Gasteiger partial charge in [0.1, 0.15) is 17.9 Å². The molecule has 0 aliphatic carbocycles. The van der Waals surface area contributed by atoms with Crippen molar-refractivity contribution < 1.29 is 18.6 Å². The highest BCUT2D eigenvalue weighted by Crippen LogP contribution is 2.36. The van der Waals surface area contributed by atoms with Crippen molar-refractivity contribution in [2.24, 2.45) is 5.10 Å². The first-order valence-electron chi connectivity index (χ1n) is 12.9. The van der Waals surface area contributed by atoms with E-state index in [0.29, 0.717) is 45.1 Å². The summed E-state index contributed by atoms with van der Waals surface area (Å²) in [6.45, 7) is 0.260. The summed E-state index contributed by atoms with van der Waals surface area (Å²) < 4.78 is 27.4. The van der Waals surface area contributed by atoms with E-state index in [9.17, 15) is 4.79 Å². The highest BCUT2D eigenvalue weighted by molar-refractivity contribution is 9.11. The molecule has 8 nitrogen and oxygen atoms in total. The number of ether oxygens (including phenoxy) is 3. The summed E-state index contributed by atoms with van der Waals surface area (Å²) in [7, 11) is 3.16. The fourth-order valence-corrected chi connectivity index (χ4v) is 6.23. The second-order valence-electron chi connectivity index (χ2n) is 9.35. The predicted molar refractivity (Wildman–Crippen MR) is 178 cm³/mol. The Bertz CT molecular complexity index is 2090. The lowest BCUT2D eigenvalue weighted by atomic mass is 10.2. The molecule has 6 aromatic rings. The number of rotatable bonds is 8. The average molecular weight is 768 g/mol. The van der Waals surface area contributed by atoms with Crippen molar-refractivity contribution >= 4 is 75.9 Å². The minimum atomic E-state index is -0.354. The van der Waals surface area contributed by atoms with Gasteiger partial charge in [0, 0.05) is 24.5 Å². The maximum Gasteiger partial charge on any atom is 0.282 e. The van der Waals surface area contributed by atoms with Crippen LogP contribution < -0.4 is 19.8 Å². The average Bonchev–Trinajstić information content (AvgIpc) is 3.45. The second-order valence-corrected chi connectivity index (χ2v) is 12.0. The van der Waals surface area contributed by atoms with E-state index in [1.54, 1.807) is 50.8 Å². The number of hydrogen-bond acceptors (Lipinski definition) is 7. The number of fused-ring (bicyclic) bond motifs is 2. The molecule has 0 radical (unpaired) electrons. The van der Waals surface area contributed by atoms with Crippen molar-refractivity contribution in [2.75, 3.05) is 14.2 Å². The summed E-state index contributed by atoms with van der Waals surface area (Å²) in [5.74, 6) is 2.20. The van der Waals surface area contributed by atoms with Crippen molar-refractivity contribution in [3.8, 4) is 28.8 Å². The number of furan rings is 1. The molecular weight excluding hydrogens is 746 g/mol. The van der Waals surface area contributed by atoms with Crippen molar-refractivity contribution in [3.05, 3.63) is 114 Å². The van der Waals surface area contributed by atoms with Crippen LogP contribution in [0.1, 0.15) is 11.1 Å². The van der Waals surface area contributed by atoms with Gasteiger partial charge in [-0.25, -0.2) is 4.98 Å². The molecule has 0 bridgehead atoms. The van der Waals surface area contributed by atoms with Crippen LogP contribution in [0.3, 0.4) is 0 Å². The molecule has 0 N–H and O–H groups in total. The van der Waals surface area contributed by atoms with Crippen LogP contribution in [0, 0.1) is 0 Å². The SMILES string of the molecule is COc1cc(Br)cc(C=Nn2c(-c3cc4c(OC)cccc4o3)nc3ccccc3c2=O)c1OCc1ccc(Br)cc1Br. The lowest BCUT2D eigenvalue weighted by Gasteiger charge is -2.15. The third-order valence-corrected chi connectivity index (χ3v) is 8.37. The smallest absolute Gasteiger partial charge is 0.282 e. The van der Waals surface area contributed by atoms with E-state index in [4.69, 9.17) is 23.6 Å². The topological polar surface area (TPSA) is 88.1 Å². The van der Waals surface area contributed by atoms with Gasteiger partial charge in [-0.2, -0.15) is 9.78 Å². The highest BCUT2D eigenvalue weighted by Gasteiger charge is 2.19. The van der Waals surface area contributed by atoms with Crippen LogP contribution in [0.4, 0.5) is 0 Å². The number of para-hydroxylation sites is 1.